The van der Waals surface area contributed by atoms with Crippen molar-refractivity contribution in [3.63, 3.8) is 0 Å². The highest BCUT2D eigenvalue weighted by Crippen LogP contribution is 2.37. The van der Waals surface area contributed by atoms with Gasteiger partial charge in [-0.25, -0.2) is 4.98 Å². The van der Waals surface area contributed by atoms with Crippen LogP contribution in [0.4, 0.5) is 0 Å². The number of rotatable bonds is 3. The summed E-state index contributed by atoms with van der Waals surface area (Å²) in [6.45, 7) is 1.99. The Labute approximate surface area is 93.7 Å². The minimum atomic E-state index is 0.0225. The number of carbonyl (C=O) groups excluding carboxylic acids is 1. The predicted molar refractivity (Wildman–Crippen MR) is 61.4 cm³/mol. The van der Waals surface area contributed by atoms with Gasteiger partial charge in [0.1, 0.15) is 0 Å². The molecule has 0 aliphatic heterocycles. The second-order valence-corrected chi connectivity index (χ2v) is 5.11. The van der Waals surface area contributed by atoms with E-state index < -0.39 is 0 Å². The maximum absolute atomic E-state index is 11.5. The largest absolute Gasteiger partial charge is 0.324 e. The van der Waals surface area contributed by atoms with Gasteiger partial charge in [0, 0.05) is 5.92 Å². The zero-order chi connectivity index (χ0) is 10.8. The third-order valence-corrected chi connectivity index (χ3v) is 4.32. The van der Waals surface area contributed by atoms with Crippen molar-refractivity contribution in [2.24, 2.45) is 5.73 Å². The van der Waals surface area contributed by atoms with Crippen LogP contribution in [0.15, 0.2) is 0 Å². The Kier molecular flexibility index (Phi) is 3.17. The number of nitrogens with zero attached hydrogens (tertiary/aromatic N) is 1. The van der Waals surface area contributed by atoms with Crippen LogP contribution in [0.2, 0.25) is 0 Å². The maximum Gasteiger partial charge on any atom is 0.188 e. The van der Waals surface area contributed by atoms with E-state index >= 15 is 0 Å². The molecule has 1 fully saturated rings. The van der Waals surface area contributed by atoms with E-state index in [2.05, 4.69) is 4.98 Å². The van der Waals surface area contributed by atoms with Gasteiger partial charge in [0.2, 0.25) is 0 Å². The Morgan fingerprint density at radius 1 is 1.53 bits per heavy atom. The molecular formula is C11H16N2OS. The molecule has 0 amide bonds. The Morgan fingerprint density at radius 3 is 2.80 bits per heavy atom. The average Bonchev–Trinajstić information content (AvgIpc) is 2.84. The van der Waals surface area contributed by atoms with Crippen molar-refractivity contribution in [1.82, 2.24) is 4.98 Å². The first-order chi connectivity index (χ1) is 7.22. The maximum atomic E-state index is 11.5. The summed E-state index contributed by atoms with van der Waals surface area (Å²) in [5, 5.41) is 1.14. The minimum absolute atomic E-state index is 0.0225. The molecule has 4 heteroatoms. The van der Waals surface area contributed by atoms with E-state index in [9.17, 15) is 4.79 Å². The molecule has 1 aromatic heterocycles. The summed E-state index contributed by atoms with van der Waals surface area (Å²) in [5.41, 5.74) is 6.22. The fraction of sp³-hybridized carbons (Fsp3) is 0.636. The fourth-order valence-corrected chi connectivity index (χ4v) is 3.30. The summed E-state index contributed by atoms with van der Waals surface area (Å²) in [6, 6.07) is 0. The van der Waals surface area contributed by atoms with Crippen molar-refractivity contribution in [2.45, 2.75) is 38.5 Å². The number of Topliss-reactive ketones (excluding diaryl/α,β-unsaturated/α-hetero) is 1. The molecule has 1 aromatic rings. The molecule has 82 valence electrons. The van der Waals surface area contributed by atoms with Crippen LogP contribution in [0, 0.1) is 6.92 Å². The van der Waals surface area contributed by atoms with Gasteiger partial charge in [0.15, 0.2) is 5.78 Å². The van der Waals surface area contributed by atoms with E-state index in [1.807, 2.05) is 6.92 Å². The zero-order valence-electron chi connectivity index (χ0n) is 8.95. The lowest BCUT2D eigenvalue weighted by Crippen LogP contribution is -2.13. The van der Waals surface area contributed by atoms with Crippen LogP contribution in [0.5, 0.6) is 0 Å². The van der Waals surface area contributed by atoms with Crippen molar-refractivity contribution >= 4 is 17.1 Å². The van der Waals surface area contributed by atoms with Crippen LogP contribution in [0.3, 0.4) is 0 Å². The molecule has 0 unspecified atom stereocenters. The van der Waals surface area contributed by atoms with E-state index in [1.165, 1.54) is 25.7 Å². The number of aryl methyl sites for hydroxylation is 1. The molecule has 1 saturated carbocycles. The van der Waals surface area contributed by atoms with Crippen LogP contribution >= 0.6 is 11.3 Å². The number of carbonyl (C=O) groups is 1. The molecule has 0 bridgehead atoms. The lowest BCUT2D eigenvalue weighted by Gasteiger charge is -2.01. The molecular weight excluding hydrogens is 208 g/mol. The smallest absolute Gasteiger partial charge is 0.188 e. The molecule has 3 nitrogen and oxygen atoms in total. The number of hydrogen-bond acceptors (Lipinski definition) is 4. The Bertz CT molecular complexity index is 367. The Morgan fingerprint density at radius 2 is 2.20 bits per heavy atom. The van der Waals surface area contributed by atoms with Gasteiger partial charge in [-0.1, -0.05) is 12.8 Å². The van der Waals surface area contributed by atoms with Gasteiger partial charge in [-0.15, -0.1) is 11.3 Å². The van der Waals surface area contributed by atoms with Crippen LogP contribution in [0.1, 0.15) is 52.0 Å². The number of nitrogens with two attached hydrogens (primary N) is 1. The summed E-state index contributed by atoms with van der Waals surface area (Å²) in [7, 11) is 0. The van der Waals surface area contributed by atoms with Gasteiger partial charge in [-0.2, -0.15) is 0 Å². The van der Waals surface area contributed by atoms with E-state index in [-0.39, 0.29) is 12.3 Å². The molecule has 0 atom stereocenters. The standard InChI is InChI=1S/C11H16N2OS/c1-7-10(9(14)6-12)15-11(13-7)8-4-2-3-5-8/h8H,2-6,12H2,1H3. The summed E-state index contributed by atoms with van der Waals surface area (Å²) < 4.78 is 0. The summed E-state index contributed by atoms with van der Waals surface area (Å²) in [5.74, 6) is 0.613. The van der Waals surface area contributed by atoms with Gasteiger partial charge < -0.3 is 5.73 Å². The van der Waals surface area contributed by atoms with Gasteiger partial charge in [-0.05, 0) is 19.8 Å². The quantitative estimate of drug-likeness (QED) is 0.801. The van der Waals surface area contributed by atoms with Crippen LogP contribution < -0.4 is 5.73 Å². The molecule has 15 heavy (non-hydrogen) atoms. The Balaban J connectivity index is 2.23. The highest BCUT2D eigenvalue weighted by Gasteiger charge is 2.23. The lowest BCUT2D eigenvalue weighted by atomic mass is 10.1. The first-order valence-corrected chi connectivity index (χ1v) is 6.24. The number of aromatic nitrogens is 1. The van der Waals surface area contributed by atoms with E-state index in [0.29, 0.717) is 5.92 Å². The summed E-state index contributed by atoms with van der Waals surface area (Å²) in [6.07, 6.45) is 5.04. The van der Waals surface area contributed by atoms with Gasteiger partial charge in [-0.3, -0.25) is 4.79 Å². The number of thiazole rings is 1. The predicted octanol–water partition coefficient (Wildman–Crippen LogP) is 2.25. The zero-order valence-corrected chi connectivity index (χ0v) is 9.77. The third-order valence-electron chi connectivity index (χ3n) is 2.96. The first kappa shape index (κ1) is 10.8. The van der Waals surface area contributed by atoms with Gasteiger partial charge >= 0.3 is 0 Å². The van der Waals surface area contributed by atoms with Gasteiger partial charge in [0.05, 0.1) is 22.1 Å². The summed E-state index contributed by atoms with van der Waals surface area (Å²) in [4.78, 5) is 16.8. The number of hydrogen-bond donors (Lipinski definition) is 1. The molecule has 0 radical (unpaired) electrons. The van der Waals surface area contributed by atoms with Crippen molar-refractivity contribution in [3.05, 3.63) is 15.6 Å². The molecule has 2 N–H and O–H groups in total. The molecule has 1 aliphatic carbocycles. The monoisotopic (exact) mass is 224 g/mol. The molecule has 2 rings (SSSR count). The Hall–Kier alpha value is -0.740. The SMILES string of the molecule is Cc1nc(C2CCCC2)sc1C(=O)CN. The average molecular weight is 224 g/mol. The highest BCUT2D eigenvalue weighted by atomic mass is 32.1. The molecule has 0 spiro atoms. The van der Waals surface area contributed by atoms with Crippen molar-refractivity contribution in [2.75, 3.05) is 6.54 Å². The van der Waals surface area contributed by atoms with Crippen molar-refractivity contribution in [1.29, 1.82) is 0 Å². The summed E-state index contributed by atoms with van der Waals surface area (Å²) >= 11 is 1.55. The topological polar surface area (TPSA) is 56.0 Å². The molecule has 1 heterocycles. The van der Waals surface area contributed by atoms with Crippen LogP contribution in [0.25, 0.3) is 0 Å². The second-order valence-electron chi connectivity index (χ2n) is 4.08. The van der Waals surface area contributed by atoms with E-state index in [4.69, 9.17) is 5.73 Å². The molecule has 1 aliphatic rings. The molecule has 0 saturated heterocycles. The fourth-order valence-electron chi connectivity index (χ4n) is 2.12. The van der Waals surface area contributed by atoms with E-state index in [1.54, 1.807) is 11.3 Å². The van der Waals surface area contributed by atoms with Crippen molar-refractivity contribution in [3.8, 4) is 0 Å². The third kappa shape index (κ3) is 2.11. The van der Waals surface area contributed by atoms with Crippen molar-refractivity contribution < 1.29 is 4.79 Å². The van der Waals surface area contributed by atoms with E-state index in [0.717, 1.165) is 15.6 Å². The number of ketones is 1. The highest BCUT2D eigenvalue weighted by molar-refractivity contribution is 7.14. The normalized spacial score (nSPS) is 17.2. The minimum Gasteiger partial charge on any atom is -0.324 e. The van der Waals surface area contributed by atoms with Crippen LogP contribution in [-0.2, 0) is 0 Å². The lowest BCUT2D eigenvalue weighted by molar-refractivity contribution is 0.100. The van der Waals surface area contributed by atoms with Crippen LogP contribution in [-0.4, -0.2) is 17.3 Å². The second kappa shape index (κ2) is 4.41. The first-order valence-electron chi connectivity index (χ1n) is 5.43. The van der Waals surface area contributed by atoms with Gasteiger partial charge in [0.25, 0.3) is 0 Å². The molecule has 0 aromatic carbocycles.